The summed E-state index contributed by atoms with van der Waals surface area (Å²) < 4.78 is 15.3. The highest BCUT2D eigenvalue weighted by atomic mass is 16.5. The van der Waals surface area contributed by atoms with Crippen LogP contribution in [0.5, 0.6) is 0 Å². The molecule has 0 spiro atoms. The molecule has 0 fully saturated rings. The van der Waals surface area contributed by atoms with Gasteiger partial charge in [0.15, 0.2) is 0 Å². The lowest BCUT2D eigenvalue weighted by Crippen LogP contribution is -2.23. The minimum absolute atomic E-state index is 0.0521. The van der Waals surface area contributed by atoms with Gasteiger partial charge < -0.3 is 14.2 Å². The van der Waals surface area contributed by atoms with Gasteiger partial charge in [0.1, 0.15) is 0 Å². The molecule has 0 aromatic carbocycles. The molecule has 0 bridgehead atoms. The number of carbonyl (C=O) groups is 3. The maximum Gasteiger partial charge on any atom is 0.309 e. The van der Waals surface area contributed by atoms with Crippen molar-refractivity contribution >= 4 is 17.9 Å². The normalized spacial score (nSPS) is 12.4. The monoisotopic (exact) mass is 440 g/mol. The maximum absolute atomic E-state index is 12.5. The average molecular weight is 441 g/mol. The summed E-state index contributed by atoms with van der Waals surface area (Å²) >= 11 is 0. The Kier molecular flexibility index (Phi) is 17.8. The third-order valence-corrected chi connectivity index (χ3v) is 4.96. The molecule has 0 rings (SSSR count). The standard InChI is InChI=1S/C25H44O6/c1-20(2)15-17-30-24(27)19-22(25(28)31-18-16-21(3)4)13-11-9-7-6-8-10-12-14-23(26)29-5/h9,11,20-22H,6-8,10,12-19H2,1-5H3/b11-9+. The largest absolute Gasteiger partial charge is 0.469 e. The first-order chi connectivity index (χ1) is 14.8. The summed E-state index contributed by atoms with van der Waals surface area (Å²) in [5.41, 5.74) is 0. The van der Waals surface area contributed by atoms with Crippen LogP contribution in [0.3, 0.4) is 0 Å². The van der Waals surface area contributed by atoms with E-state index in [4.69, 9.17) is 9.47 Å². The third kappa shape index (κ3) is 18.6. The van der Waals surface area contributed by atoms with Crippen LogP contribution in [-0.4, -0.2) is 38.2 Å². The van der Waals surface area contributed by atoms with Crippen molar-refractivity contribution < 1.29 is 28.6 Å². The fourth-order valence-corrected chi connectivity index (χ4v) is 2.81. The Labute approximate surface area is 189 Å². The summed E-state index contributed by atoms with van der Waals surface area (Å²) in [6, 6.07) is 0. The zero-order valence-electron chi connectivity index (χ0n) is 20.3. The van der Waals surface area contributed by atoms with Crippen molar-refractivity contribution in [2.75, 3.05) is 20.3 Å². The predicted octanol–water partition coefficient (Wildman–Crippen LogP) is 5.63. The average Bonchev–Trinajstić information content (AvgIpc) is 2.70. The molecule has 180 valence electrons. The molecule has 0 N–H and O–H groups in total. The highest BCUT2D eigenvalue weighted by Gasteiger charge is 2.23. The first kappa shape index (κ1) is 29.1. The van der Waals surface area contributed by atoms with Gasteiger partial charge in [0.25, 0.3) is 0 Å². The van der Waals surface area contributed by atoms with E-state index in [1.54, 1.807) is 0 Å². The van der Waals surface area contributed by atoms with Crippen molar-refractivity contribution in [3.05, 3.63) is 12.2 Å². The summed E-state index contributed by atoms with van der Waals surface area (Å²) in [7, 11) is 1.41. The molecule has 0 aromatic rings. The van der Waals surface area contributed by atoms with E-state index in [1.165, 1.54) is 7.11 Å². The van der Waals surface area contributed by atoms with Gasteiger partial charge in [0.2, 0.25) is 0 Å². The molecule has 0 aliphatic rings. The van der Waals surface area contributed by atoms with Gasteiger partial charge >= 0.3 is 17.9 Å². The van der Waals surface area contributed by atoms with Gasteiger partial charge in [0.05, 0.1) is 32.7 Å². The first-order valence-electron chi connectivity index (χ1n) is 11.8. The number of ether oxygens (including phenoxy) is 3. The summed E-state index contributed by atoms with van der Waals surface area (Å²) in [6.45, 7) is 9.08. The van der Waals surface area contributed by atoms with Crippen molar-refractivity contribution in [2.24, 2.45) is 17.8 Å². The van der Waals surface area contributed by atoms with E-state index in [0.717, 1.165) is 44.9 Å². The minimum atomic E-state index is -0.505. The molecule has 0 saturated heterocycles. The number of hydrogen-bond donors (Lipinski definition) is 0. The van der Waals surface area contributed by atoms with Crippen LogP contribution in [0.25, 0.3) is 0 Å². The van der Waals surface area contributed by atoms with Crippen LogP contribution in [0.4, 0.5) is 0 Å². The molecule has 0 saturated carbocycles. The van der Waals surface area contributed by atoms with E-state index in [9.17, 15) is 14.4 Å². The minimum Gasteiger partial charge on any atom is -0.469 e. The van der Waals surface area contributed by atoms with Crippen molar-refractivity contribution in [3.8, 4) is 0 Å². The van der Waals surface area contributed by atoms with Crippen LogP contribution < -0.4 is 0 Å². The molecule has 6 nitrogen and oxygen atoms in total. The van der Waals surface area contributed by atoms with Crippen LogP contribution in [0.15, 0.2) is 12.2 Å². The summed E-state index contributed by atoms with van der Waals surface area (Å²) in [4.78, 5) is 35.7. The molecule has 0 aliphatic heterocycles. The second-order valence-electron chi connectivity index (χ2n) is 8.89. The zero-order chi connectivity index (χ0) is 23.5. The van der Waals surface area contributed by atoms with Gasteiger partial charge in [-0.25, -0.2) is 0 Å². The molecule has 0 aromatic heterocycles. The Bertz CT molecular complexity index is 524. The van der Waals surface area contributed by atoms with Crippen LogP contribution >= 0.6 is 0 Å². The van der Waals surface area contributed by atoms with Crippen LogP contribution in [0.1, 0.15) is 91.9 Å². The number of rotatable bonds is 18. The molecule has 6 heteroatoms. The SMILES string of the molecule is COC(=O)CCCCCC/C=C/CC(CC(=O)OCCC(C)C)C(=O)OCCC(C)C. The number of hydrogen-bond acceptors (Lipinski definition) is 6. The van der Waals surface area contributed by atoms with E-state index in [2.05, 4.69) is 38.5 Å². The second-order valence-corrected chi connectivity index (χ2v) is 8.89. The van der Waals surface area contributed by atoms with E-state index >= 15 is 0 Å². The van der Waals surface area contributed by atoms with Gasteiger partial charge in [-0.15, -0.1) is 0 Å². The molecule has 0 aliphatic carbocycles. The van der Waals surface area contributed by atoms with E-state index in [0.29, 0.717) is 37.9 Å². The van der Waals surface area contributed by atoms with Crippen molar-refractivity contribution in [2.45, 2.75) is 91.9 Å². The van der Waals surface area contributed by atoms with Crippen LogP contribution in [-0.2, 0) is 28.6 Å². The molecule has 0 amide bonds. The number of esters is 3. The molecule has 1 unspecified atom stereocenters. The third-order valence-electron chi connectivity index (χ3n) is 4.96. The smallest absolute Gasteiger partial charge is 0.309 e. The molecular formula is C25H44O6. The number of methoxy groups -OCH3 is 1. The molecular weight excluding hydrogens is 396 g/mol. The Morgan fingerprint density at radius 1 is 0.774 bits per heavy atom. The number of allylic oxidation sites excluding steroid dienone is 2. The molecule has 0 heterocycles. The summed E-state index contributed by atoms with van der Waals surface area (Å²) in [5.74, 6) is -0.406. The summed E-state index contributed by atoms with van der Waals surface area (Å²) in [6.07, 6.45) is 11.5. The molecule has 0 radical (unpaired) electrons. The summed E-state index contributed by atoms with van der Waals surface area (Å²) in [5, 5.41) is 0. The van der Waals surface area contributed by atoms with Crippen LogP contribution in [0.2, 0.25) is 0 Å². The van der Waals surface area contributed by atoms with Gasteiger partial charge in [-0.1, -0.05) is 52.7 Å². The van der Waals surface area contributed by atoms with E-state index in [1.807, 2.05) is 6.08 Å². The van der Waals surface area contributed by atoms with Crippen LogP contribution in [0, 0.1) is 17.8 Å². The molecule has 31 heavy (non-hydrogen) atoms. The first-order valence-corrected chi connectivity index (χ1v) is 11.8. The molecule has 1 atom stereocenters. The quantitative estimate of drug-likeness (QED) is 0.119. The zero-order valence-corrected chi connectivity index (χ0v) is 20.3. The fourth-order valence-electron chi connectivity index (χ4n) is 2.81. The topological polar surface area (TPSA) is 78.9 Å². The maximum atomic E-state index is 12.5. The van der Waals surface area contributed by atoms with Gasteiger partial charge in [-0.05, 0) is 50.4 Å². The number of carbonyl (C=O) groups excluding carboxylic acids is 3. The lowest BCUT2D eigenvalue weighted by atomic mass is 10.0. The highest BCUT2D eigenvalue weighted by molar-refractivity contribution is 5.80. The second kappa shape index (κ2) is 18.9. The number of unbranched alkanes of at least 4 members (excludes halogenated alkanes) is 4. The van der Waals surface area contributed by atoms with Gasteiger partial charge in [0, 0.05) is 6.42 Å². The van der Waals surface area contributed by atoms with Crippen molar-refractivity contribution in [1.29, 1.82) is 0 Å². The fraction of sp³-hybridized carbons (Fsp3) is 0.800. The van der Waals surface area contributed by atoms with Crippen molar-refractivity contribution in [3.63, 3.8) is 0 Å². The Morgan fingerprint density at radius 2 is 1.39 bits per heavy atom. The van der Waals surface area contributed by atoms with Crippen molar-refractivity contribution in [1.82, 2.24) is 0 Å². The van der Waals surface area contributed by atoms with E-state index in [-0.39, 0.29) is 24.3 Å². The Morgan fingerprint density at radius 3 is 2.00 bits per heavy atom. The lowest BCUT2D eigenvalue weighted by Gasteiger charge is -2.15. The predicted molar refractivity (Wildman–Crippen MR) is 122 cm³/mol. The van der Waals surface area contributed by atoms with E-state index < -0.39 is 5.92 Å². The lowest BCUT2D eigenvalue weighted by molar-refractivity contribution is -0.155. The highest BCUT2D eigenvalue weighted by Crippen LogP contribution is 2.16. The van der Waals surface area contributed by atoms with Gasteiger partial charge in [-0.3, -0.25) is 14.4 Å². The Hall–Kier alpha value is -1.85. The Balaban J connectivity index is 4.35. The van der Waals surface area contributed by atoms with Gasteiger partial charge in [-0.2, -0.15) is 0 Å².